The molecule has 0 aromatic carbocycles. The van der Waals surface area contributed by atoms with Gasteiger partial charge in [-0.05, 0) is 20.3 Å². The smallest absolute Gasteiger partial charge is 0.309 e. The Bertz CT molecular complexity index is 402. The third-order valence-electron chi connectivity index (χ3n) is 2.48. The Morgan fingerprint density at radius 1 is 1.15 bits per heavy atom. The molecule has 0 aliphatic heterocycles. The minimum absolute atomic E-state index is 0.0440. The fourth-order valence-corrected chi connectivity index (χ4v) is 2.94. The molecule has 118 valence electrons. The molecule has 0 aliphatic carbocycles. The Morgan fingerprint density at radius 2 is 1.75 bits per heavy atom. The molecule has 1 atom stereocenters. The number of sulfone groups is 1. The van der Waals surface area contributed by atoms with Gasteiger partial charge in [-0.2, -0.15) is 0 Å². The molecule has 7 nitrogen and oxygen atoms in total. The van der Waals surface area contributed by atoms with Crippen LogP contribution in [0.2, 0.25) is 0 Å². The number of carbonyl (C=O) groups is 2. The Balaban J connectivity index is 4.65. The lowest BCUT2D eigenvalue weighted by molar-refractivity contribution is -0.148. The van der Waals surface area contributed by atoms with Gasteiger partial charge in [0.25, 0.3) is 0 Å². The van der Waals surface area contributed by atoms with Gasteiger partial charge < -0.3 is 14.6 Å². The fraction of sp³-hybridized carbons (Fsp3) is 0.833. The number of ether oxygens (including phenoxy) is 2. The summed E-state index contributed by atoms with van der Waals surface area (Å²) in [5.74, 6) is -2.91. The summed E-state index contributed by atoms with van der Waals surface area (Å²) in [5.41, 5.74) is 0. The predicted octanol–water partition coefficient (Wildman–Crippen LogP) is -0.0839. The van der Waals surface area contributed by atoms with Crippen molar-refractivity contribution in [3.05, 3.63) is 0 Å². The molecule has 0 rings (SSSR count). The standard InChI is InChI=1S/C12H22O7S/c1-3-18-11(14)6-5-10(12(15)19-4-2)9-20(16,17)8-7-13/h10,13H,3-9H2,1-2H3. The Morgan fingerprint density at radius 3 is 2.25 bits per heavy atom. The summed E-state index contributed by atoms with van der Waals surface area (Å²) >= 11 is 0. The van der Waals surface area contributed by atoms with E-state index in [1.807, 2.05) is 0 Å². The second-order valence-electron chi connectivity index (χ2n) is 4.13. The molecular formula is C12H22O7S. The summed E-state index contributed by atoms with van der Waals surface area (Å²) in [6, 6.07) is 0. The number of hydrogen-bond donors (Lipinski definition) is 1. The quantitative estimate of drug-likeness (QED) is 0.562. The van der Waals surface area contributed by atoms with E-state index in [-0.39, 0.29) is 26.1 Å². The maximum Gasteiger partial charge on any atom is 0.309 e. The van der Waals surface area contributed by atoms with Crippen molar-refractivity contribution >= 4 is 21.8 Å². The van der Waals surface area contributed by atoms with Crippen LogP contribution in [0, 0.1) is 5.92 Å². The van der Waals surface area contributed by atoms with Crippen LogP contribution in [-0.4, -0.2) is 56.8 Å². The second kappa shape index (κ2) is 9.71. The number of hydrogen-bond acceptors (Lipinski definition) is 7. The highest BCUT2D eigenvalue weighted by atomic mass is 32.2. The maximum atomic E-state index is 11.7. The third kappa shape index (κ3) is 8.11. The zero-order valence-electron chi connectivity index (χ0n) is 11.8. The summed E-state index contributed by atoms with van der Waals surface area (Å²) < 4.78 is 32.8. The van der Waals surface area contributed by atoms with Crippen molar-refractivity contribution in [3.63, 3.8) is 0 Å². The van der Waals surface area contributed by atoms with E-state index in [0.717, 1.165) is 0 Å². The molecule has 0 fully saturated rings. The van der Waals surface area contributed by atoms with Crippen molar-refractivity contribution in [3.8, 4) is 0 Å². The van der Waals surface area contributed by atoms with Gasteiger partial charge in [0.1, 0.15) is 0 Å². The van der Waals surface area contributed by atoms with Gasteiger partial charge in [-0.15, -0.1) is 0 Å². The first-order valence-corrected chi connectivity index (χ1v) is 8.32. The first-order chi connectivity index (χ1) is 9.36. The van der Waals surface area contributed by atoms with Crippen LogP contribution in [0.4, 0.5) is 0 Å². The van der Waals surface area contributed by atoms with E-state index in [4.69, 9.17) is 14.6 Å². The molecule has 20 heavy (non-hydrogen) atoms. The van der Waals surface area contributed by atoms with Crippen molar-refractivity contribution in [1.82, 2.24) is 0 Å². The molecule has 0 aliphatic rings. The average molecular weight is 310 g/mol. The lowest BCUT2D eigenvalue weighted by Crippen LogP contribution is -2.28. The topological polar surface area (TPSA) is 107 Å². The highest BCUT2D eigenvalue weighted by Crippen LogP contribution is 2.13. The Kier molecular flexibility index (Phi) is 9.15. The number of aliphatic hydroxyl groups excluding tert-OH is 1. The molecule has 0 saturated heterocycles. The van der Waals surface area contributed by atoms with Crippen LogP contribution in [0.5, 0.6) is 0 Å². The zero-order valence-corrected chi connectivity index (χ0v) is 12.6. The molecule has 0 amide bonds. The highest BCUT2D eigenvalue weighted by molar-refractivity contribution is 7.91. The van der Waals surface area contributed by atoms with E-state index in [9.17, 15) is 18.0 Å². The van der Waals surface area contributed by atoms with Crippen LogP contribution in [0.15, 0.2) is 0 Å². The monoisotopic (exact) mass is 310 g/mol. The van der Waals surface area contributed by atoms with Crippen molar-refractivity contribution in [2.24, 2.45) is 5.92 Å². The molecule has 1 N–H and O–H groups in total. The lowest BCUT2D eigenvalue weighted by Gasteiger charge is -2.15. The van der Waals surface area contributed by atoms with Crippen LogP contribution in [0.1, 0.15) is 26.7 Å². The zero-order chi connectivity index (χ0) is 15.6. The minimum atomic E-state index is -3.56. The van der Waals surface area contributed by atoms with Crippen LogP contribution in [0.25, 0.3) is 0 Å². The summed E-state index contributed by atoms with van der Waals surface area (Å²) in [4.78, 5) is 22.9. The molecule has 8 heteroatoms. The van der Waals surface area contributed by atoms with Gasteiger partial charge >= 0.3 is 11.9 Å². The first kappa shape index (κ1) is 18.9. The second-order valence-corrected chi connectivity index (χ2v) is 6.36. The van der Waals surface area contributed by atoms with Crippen molar-refractivity contribution < 1.29 is 32.6 Å². The van der Waals surface area contributed by atoms with Gasteiger partial charge in [-0.25, -0.2) is 8.42 Å². The maximum absolute atomic E-state index is 11.7. The van der Waals surface area contributed by atoms with Gasteiger partial charge in [0.15, 0.2) is 9.84 Å². The van der Waals surface area contributed by atoms with Gasteiger partial charge in [-0.1, -0.05) is 0 Å². The first-order valence-electron chi connectivity index (χ1n) is 6.49. The molecule has 0 spiro atoms. The van der Waals surface area contributed by atoms with Crippen LogP contribution < -0.4 is 0 Å². The van der Waals surface area contributed by atoms with Gasteiger partial charge in [0, 0.05) is 6.42 Å². The number of aliphatic hydroxyl groups is 1. The molecule has 0 aromatic rings. The molecule has 0 bridgehead atoms. The third-order valence-corrected chi connectivity index (χ3v) is 4.19. The number of carbonyl (C=O) groups excluding carboxylic acids is 2. The number of rotatable bonds is 10. The molecule has 0 heterocycles. The number of esters is 2. The predicted molar refractivity (Wildman–Crippen MR) is 71.7 cm³/mol. The van der Waals surface area contributed by atoms with Crippen molar-refractivity contribution in [2.45, 2.75) is 26.7 Å². The van der Waals surface area contributed by atoms with E-state index in [0.29, 0.717) is 0 Å². The fourth-order valence-electron chi connectivity index (χ4n) is 1.58. The Hall–Kier alpha value is -1.15. The van der Waals surface area contributed by atoms with Gasteiger partial charge in [0.2, 0.25) is 0 Å². The van der Waals surface area contributed by atoms with Gasteiger partial charge in [0.05, 0.1) is 37.2 Å². The molecule has 1 unspecified atom stereocenters. The van der Waals surface area contributed by atoms with Crippen LogP contribution in [-0.2, 0) is 28.9 Å². The van der Waals surface area contributed by atoms with Crippen LogP contribution in [0.3, 0.4) is 0 Å². The summed E-state index contributed by atoms with van der Waals surface area (Å²) in [5, 5.41) is 8.68. The van der Waals surface area contributed by atoms with E-state index < -0.39 is 45.8 Å². The highest BCUT2D eigenvalue weighted by Gasteiger charge is 2.27. The summed E-state index contributed by atoms with van der Waals surface area (Å²) in [7, 11) is -3.56. The van der Waals surface area contributed by atoms with E-state index in [1.54, 1.807) is 13.8 Å². The largest absolute Gasteiger partial charge is 0.466 e. The van der Waals surface area contributed by atoms with Crippen molar-refractivity contribution in [2.75, 3.05) is 31.3 Å². The molecule has 0 radical (unpaired) electrons. The summed E-state index contributed by atoms with van der Waals surface area (Å²) in [6.45, 7) is 3.13. The summed E-state index contributed by atoms with van der Waals surface area (Å²) in [6.07, 6.45) is -0.00566. The SMILES string of the molecule is CCOC(=O)CCC(CS(=O)(=O)CCO)C(=O)OCC. The Labute approximate surface area is 119 Å². The van der Waals surface area contributed by atoms with E-state index >= 15 is 0 Å². The van der Waals surface area contributed by atoms with Crippen molar-refractivity contribution in [1.29, 1.82) is 0 Å². The molecule has 0 aromatic heterocycles. The average Bonchev–Trinajstić information content (AvgIpc) is 2.34. The van der Waals surface area contributed by atoms with E-state index in [2.05, 4.69) is 0 Å². The van der Waals surface area contributed by atoms with Gasteiger partial charge in [-0.3, -0.25) is 9.59 Å². The van der Waals surface area contributed by atoms with E-state index in [1.165, 1.54) is 0 Å². The lowest BCUT2D eigenvalue weighted by atomic mass is 10.1. The minimum Gasteiger partial charge on any atom is -0.466 e. The van der Waals surface area contributed by atoms with Crippen LogP contribution >= 0.6 is 0 Å². The molecular weight excluding hydrogens is 288 g/mol. The normalized spacial score (nSPS) is 12.8. The molecule has 0 saturated carbocycles.